The first-order valence-electron chi connectivity index (χ1n) is 14.9. The molecule has 0 saturated carbocycles. The fourth-order valence-electron chi connectivity index (χ4n) is 6.01. The van der Waals surface area contributed by atoms with Gasteiger partial charge in [-0.05, 0) is 39.0 Å². The maximum atomic E-state index is 6.45. The van der Waals surface area contributed by atoms with E-state index >= 15 is 0 Å². The number of thioether (sulfide) groups is 6. The van der Waals surface area contributed by atoms with Crippen molar-refractivity contribution in [3.63, 3.8) is 0 Å². The van der Waals surface area contributed by atoms with Crippen LogP contribution in [0.2, 0.25) is 0 Å². The molecule has 12 heteroatoms. The molecular weight excluding hydrogens is 649 g/mol. The highest BCUT2D eigenvalue weighted by atomic mass is 32.2. The maximum absolute atomic E-state index is 6.45. The Labute approximate surface area is 276 Å². The van der Waals surface area contributed by atoms with Crippen molar-refractivity contribution >= 4 is 70.6 Å². The molecule has 6 nitrogen and oxygen atoms in total. The third kappa shape index (κ3) is 7.00. The minimum absolute atomic E-state index is 0.0909. The van der Waals surface area contributed by atoms with Crippen LogP contribution in [-0.4, -0.2) is 87.9 Å². The molecule has 0 atom stereocenters. The van der Waals surface area contributed by atoms with Crippen molar-refractivity contribution in [1.82, 2.24) is 0 Å². The fourth-order valence-corrected chi connectivity index (χ4v) is 13.9. The van der Waals surface area contributed by atoms with Crippen molar-refractivity contribution in [3.05, 3.63) is 34.9 Å². The van der Waals surface area contributed by atoms with Crippen LogP contribution in [0.4, 0.5) is 0 Å². The summed E-state index contributed by atoms with van der Waals surface area (Å²) in [6.07, 6.45) is -1.27. The molecular formula is C30H42O6S6. The highest BCUT2D eigenvalue weighted by molar-refractivity contribution is 8.18. The minimum Gasteiger partial charge on any atom is -0.348 e. The SMILES string of the molecule is CC1SCC2(COC(c3cc(C4OCC5(CO4)CSC(C)SC5)cc(C4OCC5(CO4)CSC(C)SC5)c3)OC2)CS1. The van der Waals surface area contributed by atoms with Gasteiger partial charge in [0.25, 0.3) is 0 Å². The van der Waals surface area contributed by atoms with Crippen LogP contribution in [0, 0.1) is 16.2 Å². The van der Waals surface area contributed by atoms with Crippen LogP contribution >= 0.6 is 70.6 Å². The van der Waals surface area contributed by atoms with Crippen molar-refractivity contribution in [2.24, 2.45) is 16.2 Å². The number of ether oxygens (including phenoxy) is 6. The van der Waals surface area contributed by atoms with E-state index in [1.807, 2.05) is 70.6 Å². The van der Waals surface area contributed by atoms with Gasteiger partial charge >= 0.3 is 0 Å². The zero-order valence-electron chi connectivity index (χ0n) is 24.6. The van der Waals surface area contributed by atoms with E-state index in [4.69, 9.17) is 28.4 Å². The molecule has 42 heavy (non-hydrogen) atoms. The predicted molar refractivity (Wildman–Crippen MR) is 181 cm³/mol. The van der Waals surface area contributed by atoms with Crippen LogP contribution in [-0.2, 0) is 28.4 Å². The van der Waals surface area contributed by atoms with Gasteiger partial charge in [0.05, 0.1) is 39.6 Å². The van der Waals surface area contributed by atoms with Gasteiger partial charge in [0.1, 0.15) is 0 Å². The van der Waals surface area contributed by atoms with Crippen molar-refractivity contribution < 1.29 is 28.4 Å². The molecule has 0 N–H and O–H groups in total. The summed E-state index contributed by atoms with van der Waals surface area (Å²) in [6, 6.07) is 6.44. The van der Waals surface area contributed by atoms with E-state index in [-0.39, 0.29) is 16.2 Å². The molecule has 6 aliphatic heterocycles. The Hall–Kier alpha value is 1.08. The van der Waals surface area contributed by atoms with Crippen molar-refractivity contribution in [2.45, 2.75) is 53.4 Å². The van der Waals surface area contributed by atoms with Gasteiger partial charge in [-0.25, -0.2) is 0 Å². The second-order valence-corrected chi connectivity index (χ2v) is 21.7. The lowest BCUT2D eigenvalue weighted by atomic mass is 9.93. The Morgan fingerprint density at radius 3 is 0.857 bits per heavy atom. The van der Waals surface area contributed by atoms with Crippen molar-refractivity contribution in [2.75, 3.05) is 74.2 Å². The Kier molecular flexibility index (Phi) is 10.0. The maximum Gasteiger partial charge on any atom is 0.183 e. The van der Waals surface area contributed by atoms with E-state index in [0.717, 1.165) is 51.2 Å². The summed E-state index contributed by atoms with van der Waals surface area (Å²) in [6.45, 7) is 11.1. The largest absolute Gasteiger partial charge is 0.348 e. The molecule has 6 heterocycles. The molecule has 0 radical (unpaired) electrons. The Morgan fingerprint density at radius 1 is 0.429 bits per heavy atom. The molecule has 0 unspecified atom stereocenters. The number of benzene rings is 1. The second-order valence-electron chi connectivity index (χ2n) is 12.9. The summed E-state index contributed by atoms with van der Waals surface area (Å²) in [5.74, 6) is 6.51. The number of hydrogen-bond acceptors (Lipinski definition) is 12. The van der Waals surface area contributed by atoms with Gasteiger partial charge in [0.15, 0.2) is 18.9 Å². The number of hydrogen-bond donors (Lipinski definition) is 0. The Balaban J connectivity index is 1.08. The van der Waals surface area contributed by atoms with Gasteiger partial charge < -0.3 is 28.4 Å². The molecule has 0 aromatic heterocycles. The van der Waals surface area contributed by atoms with Crippen LogP contribution < -0.4 is 0 Å². The Morgan fingerprint density at radius 2 is 0.643 bits per heavy atom. The van der Waals surface area contributed by atoms with E-state index in [9.17, 15) is 0 Å². The van der Waals surface area contributed by atoms with Gasteiger partial charge in [-0.1, -0.05) is 0 Å². The lowest BCUT2D eigenvalue weighted by Gasteiger charge is -2.44. The van der Waals surface area contributed by atoms with Crippen LogP contribution in [0.15, 0.2) is 18.2 Å². The van der Waals surface area contributed by atoms with E-state index < -0.39 is 18.9 Å². The summed E-state index contributed by atoms with van der Waals surface area (Å²) in [4.78, 5) is 0. The highest BCUT2D eigenvalue weighted by Crippen LogP contribution is 2.48. The first-order valence-corrected chi connectivity index (χ1v) is 21.2. The summed E-state index contributed by atoms with van der Waals surface area (Å²) in [5, 5.41) is 0. The average Bonchev–Trinajstić information content (AvgIpc) is 3.03. The summed E-state index contributed by atoms with van der Waals surface area (Å²) in [5.41, 5.74) is 3.22. The highest BCUT2D eigenvalue weighted by Gasteiger charge is 2.44. The smallest absolute Gasteiger partial charge is 0.183 e. The standard InChI is InChI=1S/C30H42O6S6/c1-19-37-13-28(14-38-19)7-31-25(32-8-28)22-4-23(26-33-9-29(10-34-26)15-39-20(2)40-16-29)6-24(5-22)27-35-11-30(12-36-27)17-41-21(3)42-18-30/h4-6,19-21,25-27H,7-18H2,1-3H3. The van der Waals surface area contributed by atoms with Crippen molar-refractivity contribution in [1.29, 1.82) is 0 Å². The summed E-state index contributed by atoms with van der Waals surface area (Å²) in [7, 11) is 0. The summed E-state index contributed by atoms with van der Waals surface area (Å²) < 4.78 is 40.6. The van der Waals surface area contributed by atoms with Gasteiger partial charge in [0.2, 0.25) is 0 Å². The summed E-state index contributed by atoms with van der Waals surface area (Å²) >= 11 is 12.1. The molecule has 0 bridgehead atoms. The van der Waals surface area contributed by atoms with E-state index in [2.05, 4.69) is 39.0 Å². The molecule has 234 valence electrons. The lowest BCUT2D eigenvalue weighted by molar-refractivity contribution is -0.230. The molecule has 1 aromatic carbocycles. The fraction of sp³-hybridized carbons (Fsp3) is 0.800. The van der Waals surface area contributed by atoms with Crippen LogP contribution in [0.1, 0.15) is 56.3 Å². The quantitative estimate of drug-likeness (QED) is 0.321. The molecule has 3 spiro atoms. The van der Waals surface area contributed by atoms with Gasteiger partial charge in [-0.3, -0.25) is 0 Å². The molecule has 7 rings (SSSR count). The van der Waals surface area contributed by atoms with Crippen LogP contribution in [0.3, 0.4) is 0 Å². The first kappa shape index (κ1) is 31.7. The molecule has 0 amide bonds. The predicted octanol–water partition coefficient (Wildman–Crippen LogP) is 7.26. The molecule has 1 aromatic rings. The lowest BCUT2D eigenvalue weighted by Crippen LogP contribution is -2.45. The minimum atomic E-state index is -0.422. The van der Waals surface area contributed by atoms with Gasteiger partial charge in [-0.15, -0.1) is 70.6 Å². The molecule has 6 fully saturated rings. The van der Waals surface area contributed by atoms with Crippen molar-refractivity contribution in [3.8, 4) is 0 Å². The normalized spacial score (nSPS) is 44.9. The zero-order valence-corrected chi connectivity index (χ0v) is 29.5. The second kappa shape index (κ2) is 13.3. The van der Waals surface area contributed by atoms with Gasteiger partial charge in [-0.2, -0.15) is 0 Å². The molecule has 6 saturated heterocycles. The Bertz CT molecular complexity index is 910. The topological polar surface area (TPSA) is 55.4 Å². The van der Waals surface area contributed by atoms with E-state index in [0.29, 0.717) is 53.4 Å². The van der Waals surface area contributed by atoms with Crippen LogP contribution in [0.5, 0.6) is 0 Å². The van der Waals surface area contributed by atoms with Crippen LogP contribution in [0.25, 0.3) is 0 Å². The zero-order chi connectivity index (χ0) is 28.8. The third-order valence-corrected chi connectivity index (χ3v) is 18.7. The molecule has 0 aliphatic carbocycles. The van der Waals surface area contributed by atoms with E-state index in [1.54, 1.807) is 0 Å². The average molecular weight is 691 g/mol. The first-order chi connectivity index (χ1) is 20.3. The monoisotopic (exact) mass is 690 g/mol. The molecule has 6 aliphatic rings. The van der Waals surface area contributed by atoms with E-state index in [1.165, 1.54) is 0 Å². The third-order valence-electron chi connectivity index (χ3n) is 8.81. The number of rotatable bonds is 3. The van der Waals surface area contributed by atoms with Gasteiger partial charge in [0, 0.05) is 81.2 Å².